The maximum Gasteiger partial charge on any atom is 0.416 e. The van der Waals surface area contributed by atoms with E-state index in [0.717, 1.165) is 17.0 Å². The Hall–Kier alpha value is -2.83. The zero-order valence-corrected chi connectivity index (χ0v) is 12.4. The first-order chi connectivity index (χ1) is 11.4. The molecule has 4 nitrogen and oxygen atoms in total. The number of nitrogens with one attached hydrogen (secondary N) is 1. The standard InChI is InChI=1S/C17H13F3N2O2/c18-17(19,20)11-5-4-8-13(9-11)22-15(23)10-14(16(22)24)21-12-6-2-1-3-7-12/h1-9,14,21H,10H2/t14-/m1/s1. The van der Waals surface area contributed by atoms with Crippen LogP contribution in [0.3, 0.4) is 0 Å². The number of rotatable bonds is 3. The lowest BCUT2D eigenvalue weighted by Crippen LogP contribution is -2.34. The van der Waals surface area contributed by atoms with E-state index in [4.69, 9.17) is 0 Å². The zero-order valence-electron chi connectivity index (χ0n) is 12.4. The molecule has 1 atom stereocenters. The molecular weight excluding hydrogens is 321 g/mol. The minimum absolute atomic E-state index is 0.0720. The van der Waals surface area contributed by atoms with Crippen LogP contribution in [0.25, 0.3) is 0 Å². The molecule has 1 heterocycles. The van der Waals surface area contributed by atoms with Crippen molar-refractivity contribution in [3.63, 3.8) is 0 Å². The van der Waals surface area contributed by atoms with Gasteiger partial charge in [0.05, 0.1) is 17.7 Å². The number of hydrogen-bond acceptors (Lipinski definition) is 3. The first kappa shape index (κ1) is 16.0. The van der Waals surface area contributed by atoms with Gasteiger partial charge in [-0.3, -0.25) is 9.59 Å². The number of halogens is 3. The van der Waals surface area contributed by atoms with Gasteiger partial charge >= 0.3 is 6.18 Å². The summed E-state index contributed by atoms with van der Waals surface area (Å²) in [5.74, 6) is -1.10. The molecule has 1 aliphatic heterocycles. The second-order valence-corrected chi connectivity index (χ2v) is 5.38. The van der Waals surface area contributed by atoms with Gasteiger partial charge in [-0.05, 0) is 30.3 Å². The predicted octanol–water partition coefficient (Wildman–Crippen LogP) is 3.45. The predicted molar refractivity (Wildman–Crippen MR) is 82.4 cm³/mol. The maximum absolute atomic E-state index is 12.8. The van der Waals surface area contributed by atoms with Gasteiger partial charge in [0.15, 0.2) is 0 Å². The summed E-state index contributed by atoms with van der Waals surface area (Å²) in [5.41, 5.74) is -0.313. The van der Waals surface area contributed by atoms with Crippen LogP contribution >= 0.6 is 0 Å². The fourth-order valence-corrected chi connectivity index (χ4v) is 2.57. The Morgan fingerprint density at radius 3 is 2.38 bits per heavy atom. The molecule has 0 spiro atoms. The van der Waals surface area contributed by atoms with Gasteiger partial charge in [0, 0.05) is 5.69 Å². The number of nitrogens with zero attached hydrogens (tertiary/aromatic N) is 1. The Morgan fingerprint density at radius 2 is 1.71 bits per heavy atom. The molecule has 1 fully saturated rings. The lowest BCUT2D eigenvalue weighted by atomic mass is 10.2. The van der Waals surface area contributed by atoms with Crippen LogP contribution < -0.4 is 10.2 Å². The van der Waals surface area contributed by atoms with Crippen molar-refractivity contribution < 1.29 is 22.8 Å². The summed E-state index contributed by atoms with van der Waals surface area (Å²) < 4.78 is 38.4. The van der Waals surface area contributed by atoms with Crippen LogP contribution in [0.15, 0.2) is 54.6 Å². The Bertz CT molecular complexity index is 775. The van der Waals surface area contributed by atoms with Crippen molar-refractivity contribution in [1.82, 2.24) is 0 Å². The van der Waals surface area contributed by atoms with Crippen LogP contribution in [-0.2, 0) is 15.8 Å². The molecule has 2 aromatic rings. The molecule has 0 radical (unpaired) electrons. The molecule has 24 heavy (non-hydrogen) atoms. The summed E-state index contributed by atoms with van der Waals surface area (Å²) in [6, 6.07) is 12.2. The number of para-hydroxylation sites is 1. The molecule has 7 heteroatoms. The Labute approximate surface area is 135 Å². The van der Waals surface area contributed by atoms with Crippen molar-refractivity contribution in [3.05, 3.63) is 60.2 Å². The molecule has 0 saturated carbocycles. The molecule has 0 unspecified atom stereocenters. The number of carbonyl (C=O) groups is 2. The van der Waals surface area contributed by atoms with Crippen LogP contribution in [0, 0.1) is 0 Å². The number of amides is 2. The Balaban J connectivity index is 1.85. The Morgan fingerprint density at radius 1 is 1.00 bits per heavy atom. The van der Waals surface area contributed by atoms with Crippen LogP contribution in [0.1, 0.15) is 12.0 Å². The lowest BCUT2D eigenvalue weighted by molar-refractivity contribution is -0.137. The fourth-order valence-electron chi connectivity index (χ4n) is 2.57. The van der Waals surface area contributed by atoms with Crippen molar-refractivity contribution in [2.45, 2.75) is 18.6 Å². The van der Waals surface area contributed by atoms with Gasteiger partial charge in [0.2, 0.25) is 5.91 Å². The van der Waals surface area contributed by atoms with Crippen molar-refractivity contribution in [2.24, 2.45) is 0 Å². The molecule has 2 amide bonds. The summed E-state index contributed by atoms with van der Waals surface area (Å²) in [7, 11) is 0. The van der Waals surface area contributed by atoms with Crippen molar-refractivity contribution in [2.75, 3.05) is 10.2 Å². The van der Waals surface area contributed by atoms with Gasteiger partial charge < -0.3 is 5.32 Å². The molecule has 1 N–H and O–H groups in total. The van der Waals surface area contributed by atoms with Crippen molar-refractivity contribution in [1.29, 1.82) is 0 Å². The lowest BCUT2D eigenvalue weighted by Gasteiger charge is -2.17. The number of anilines is 2. The average Bonchev–Trinajstić information content (AvgIpc) is 2.82. The number of imide groups is 1. The fraction of sp³-hybridized carbons (Fsp3) is 0.176. The average molecular weight is 334 g/mol. The SMILES string of the molecule is O=C1C[C@@H](Nc2ccccc2)C(=O)N1c1cccc(C(F)(F)F)c1. The van der Waals surface area contributed by atoms with Gasteiger partial charge in [-0.15, -0.1) is 0 Å². The largest absolute Gasteiger partial charge is 0.416 e. The van der Waals surface area contributed by atoms with E-state index in [2.05, 4.69) is 5.32 Å². The minimum Gasteiger partial charge on any atom is -0.373 e. The molecule has 0 bridgehead atoms. The number of carbonyl (C=O) groups excluding carboxylic acids is 2. The highest BCUT2D eigenvalue weighted by atomic mass is 19.4. The quantitative estimate of drug-likeness (QED) is 0.875. The molecular formula is C17H13F3N2O2. The molecule has 3 rings (SSSR count). The molecule has 1 saturated heterocycles. The summed E-state index contributed by atoms with van der Waals surface area (Å²) in [5, 5.41) is 2.93. The van der Waals surface area contributed by atoms with Crippen LogP contribution in [-0.4, -0.2) is 17.9 Å². The minimum atomic E-state index is -4.54. The van der Waals surface area contributed by atoms with E-state index in [1.54, 1.807) is 24.3 Å². The van der Waals surface area contributed by atoms with Gasteiger partial charge in [-0.2, -0.15) is 13.2 Å². The summed E-state index contributed by atoms with van der Waals surface area (Å²) in [4.78, 5) is 25.4. The molecule has 0 aliphatic carbocycles. The highest BCUT2D eigenvalue weighted by molar-refractivity contribution is 6.23. The first-order valence-electron chi connectivity index (χ1n) is 7.22. The van der Waals surface area contributed by atoms with E-state index in [-0.39, 0.29) is 12.1 Å². The van der Waals surface area contributed by atoms with E-state index in [0.29, 0.717) is 5.69 Å². The van der Waals surface area contributed by atoms with Gasteiger partial charge in [-0.1, -0.05) is 24.3 Å². The van der Waals surface area contributed by atoms with E-state index in [1.165, 1.54) is 12.1 Å². The second kappa shape index (κ2) is 5.99. The zero-order chi connectivity index (χ0) is 17.3. The van der Waals surface area contributed by atoms with Crippen LogP contribution in [0.5, 0.6) is 0 Å². The summed E-state index contributed by atoms with van der Waals surface area (Å²) in [6.07, 6.45) is -4.65. The third-order valence-corrected chi connectivity index (χ3v) is 3.69. The second-order valence-electron chi connectivity index (χ2n) is 5.38. The topological polar surface area (TPSA) is 49.4 Å². The van der Waals surface area contributed by atoms with Crippen molar-refractivity contribution >= 4 is 23.2 Å². The van der Waals surface area contributed by atoms with E-state index in [9.17, 15) is 22.8 Å². The number of benzene rings is 2. The molecule has 2 aromatic carbocycles. The third-order valence-electron chi connectivity index (χ3n) is 3.69. The summed E-state index contributed by atoms with van der Waals surface area (Å²) in [6.45, 7) is 0. The normalized spacial score (nSPS) is 18.1. The molecule has 124 valence electrons. The third kappa shape index (κ3) is 3.10. The molecule has 0 aromatic heterocycles. The van der Waals surface area contributed by atoms with E-state index >= 15 is 0 Å². The van der Waals surface area contributed by atoms with E-state index in [1.807, 2.05) is 6.07 Å². The first-order valence-corrected chi connectivity index (χ1v) is 7.22. The highest BCUT2D eigenvalue weighted by Gasteiger charge is 2.40. The Kier molecular flexibility index (Phi) is 4.01. The maximum atomic E-state index is 12.8. The molecule has 1 aliphatic rings. The summed E-state index contributed by atoms with van der Waals surface area (Å²) >= 11 is 0. The number of hydrogen-bond donors (Lipinski definition) is 1. The van der Waals surface area contributed by atoms with Gasteiger partial charge in [0.1, 0.15) is 6.04 Å². The highest BCUT2D eigenvalue weighted by Crippen LogP contribution is 2.33. The van der Waals surface area contributed by atoms with Gasteiger partial charge in [-0.25, -0.2) is 4.90 Å². The number of alkyl halides is 3. The van der Waals surface area contributed by atoms with Crippen LogP contribution in [0.2, 0.25) is 0 Å². The monoisotopic (exact) mass is 334 g/mol. The smallest absolute Gasteiger partial charge is 0.373 e. The van der Waals surface area contributed by atoms with Crippen molar-refractivity contribution in [3.8, 4) is 0 Å². The van der Waals surface area contributed by atoms with Crippen LogP contribution in [0.4, 0.5) is 24.5 Å². The van der Waals surface area contributed by atoms with E-state index < -0.39 is 29.6 Å². The van der Waals surface area contributed by atoms with Gasteiger partial charge in [0.25, 0.3) is 5.91 Å².